The maximum atomic E-state index is 5.95. The number of nitrogens with one attached hydrogen (secondary N) is 1. The first-order valence-electron chi connectivity index (χ1n) is 8.02. The lowest BCUT2D eigenvalue weighted by Crippen LogP contribution is -2.00. The number of anilines is 1. The van der Waals surface area contributed by atoms with E-state index in [0.29, 0.717) is 35.3 Å². The number of rotatable bonds is 5. The van der Waals surface area contributed by atoms with Crippen molar-refractivity contribution in [2.45, 2.75) is 32.3 Å². The van der Waals surface area contributed by atoms with Crippen LogP contribution in [-0.2, 0) is 6.61 Å². The molecule has 0 radical (unpaired) electrons. The van der Waals surface area contributed by atoms with Crippen molar-refractivity contribution in [2.24, 2.45) is 4.99 Å². The van der Waals surface area contributed by atoms with Gasteiger partial charge in [-0.3, -0.25) is 4.99 Å². The second-order valence-corrected chi connectivity index (χ2v) is 5.86. The number of nitrogens with zero attached hydrogens (tertiary/aromatic N) is 4. The zero-order valence-corrected chi connectivity index (χ0v) is 13.4. The Bertz CT molecular complexity index is 917. The van der Waals surface area contributed by atoms with Crippen molar-refractivity contribution < 1.29 is 4.74 Å². The maximum Gasteiger partial charge on any atom is 0.207 e. The van der Waals surface area contributed by atoms with E-state index in [4.69, 9.17) is 10.5 Å². The molecule has 0 aliphatic carbocycles. The van der Waals surface area contributed by atoms with Crippen molar-refractivity contribution in [1.82, 2.24) is 20.4 Å². The van der Waals surface area contributed by atoms with Crippen LogP contribution in [0.5, 0.6) is 5.75 Å². The molecule has 0 fully saturated rings. The highest BCUT2D eigenvalue weighted by atomic mass is 16.5. The molecule has 3 aromatic rings. The van der Waals surface area contributed by atoms with Gasteiger partial charge in [0.05, 0.1) is 5.69 Å². The van der Waals surface area contributed by atoms with Crippen LogP contribution in [0, 0.1) is 0 Å². The minimum atomic E-state index is 0.353. The van der Waals surface area contributed by atoms with Crippen molar-refractivity contribution >= 4 is 28.9 Å². The quantitative estimate of drug-likeness (QED) is 0.751. The summed E-state index contributed by atoms with van der Waals surface area (Å²) in [5, 5.41) is 10.6. The number of nitrogens with two attached hydrogens (primary N) is 1. The molecule has 24 heavy (non-hydrogen) atoms. The van der Waals surface area contributed by atoms with Gasteiger partial charge in [-0.05, 0) is 12.0 Å². The molecule has 1 aromatic carbocycles. The van der Waals surface area contributed by atoms with E-state index in [2.05, 4.69) is 44.4 Å². The molecule has 4 rings (SSSR count). The van der Waals surface area contributed by atoms with Crippen LogP contribution in [0.2, 0.25) is 0 Å². The summed E-state index contributed by atoms with van der Waals surface area (Å²) in [7, 11) is 0. The minimum absolute atomic E-state index is 0.353. The average molecular weight is 322 g/mol. The Labute approximate surface area is 139 Å². The van der Waals surface area contributed by atoms with Gasteiger partial charge < -0.3 is 10.5 Å². The van der Waals surface area contributed by atoms with Gasteiger partial charge in [-0.15, -0.1) is 5.10 Å². The van der Waals surface area contributed by atoms with Crippen LogP contribution in [0.25, 0.3) is 11.2 Å². The van der Waals surface area contributed by atoms with E-state index >= 15 is 0 Å². The molecule has 1 aliphatic rings. The molecule has 0 saturated carbocycles. The van der Waals surface area contributed by atoms with E-state index in [9.17, 15) is 0 Å². The van der Waals surface area contributed by atoms with Crippen LogP contribution >= 0.6 is 0 Å². The molecule has 0 spiro atoms. The van der Waals surface area contributed by atoms with Crippen LogP contribution < -0.4 is 10.5 Å². The third-order valence-corrected chi connectivity index (χ3v) is 4.19. The normalized spacial score (nSPS) is 15.8. The van der Waals surface area contributed by atoms with Gasteiger partial charge in [-0.1, -0.05) is 31.5 Å². The van der Waals surface area contributed by atoms with Crippen LogP contribution in [0.1, 0.15) is 36.8 Å². The second kappa shape index (κ2) is 5.92. The summed E-state index contributed by atoms with van der Waals surface area (Å²) >= 11 is 0. The number of nitrogen functional groups attached to an aromatic ring is 1. The number of H-pyrrole nitrogens is 1. The van der Waals surface area contributed by atoms with Crippen molar-refractivity contribution in [1.29, 1.82) is 0 Å². The molecule has 1 unspecified atom stereocenters. The molecular formula is C17H18N6O. The molecule has 3 N–H and O–H groups in total. The molecule has 7 heteroatoms. The summed E-state index contributed by atoms with van der Waals surface area (Å²) in [5.74, 6) is 1.32. The molecule has 0 amide bonds. The molecule has 3 heterocycles. The first kappa shape index (κ1) is 14.6. The Balaban J connectivity index is 1.61. The second-order valence-electron chi connectivity index (χ2n) is 5.86. The van der Waals surface area contributed by atoms with Gasteiger partial charge in [0.15, 0.2) is 11.3 Å². The van der Waals surface area contributed by atoms with Gasteiger partial charge in [-0.25, -0.2) is 4.98 Å². The van der Waals surface area contributed by atoms with Crippen LogP contribution in [-0.4, -0.2) is 26.6 Å². The zero-order chi connectivity index (χ0) is 16.5. The number of pyridine rings is 1. The number of benzene rings is 1. The third kappa shape index (κ3) is 2.47. The first-order chi connectivity index (χ1) is 11.8. The summed E-state index contributed by atoms with van der Waals surface area (Å²) in [5.41, 5.74) is 10.2. The fourth-order valence-electron chi connectivity index (χ4n) is 3.06. The number of aliphatic imine (C=N–C) groups is 1. The van der Waals surface area contributed by atoms with Crippen molar-refractivity contribution in [3.05, 3.63) is 35.4 Å². The van der Waals surface area contributed by atoms with E-state index in [0.717, 1.165) is 24.1 Å². The van der Waals surface area contributed by atoms with E-state index in [1.807, 2.05) is 12.3 Å². The van der Waals surface area contributed by atoms with Gasteiger partial charge in [0.1, 0.15) is 12.4 Å². The lowest BCUT2D eigenvalue weighted by Gasteiger charge is -2.12. The first-order valence-corrected chi connectivity index (χ1v) is 8.02. The Hall–Kier alpha value is -2.96. The number of fused-ring (bicyclic) bond motifs is 2. The SMILES string of the molecule is CCCC1C=Nc2c(COc3cc(N)nc4n[nH]nc34)cccc21. The number of aromatic amines is 1. The molecule has 2 aromatic heterocycles. The highest BCUT2D eigenvalue weighted by molar-refractivity contribution is 5.82. The third-order valence-electron chi connectivity index (χ3n) is 4.19. The Morgan fingerprint density at radius 1 is 1.29 bits per heavy atom. The van der Waals surface area contributed by atoms with Gasteiger partial charge in [-0.2, -0.15) is 10.3 Å². The lowest BCUT2D eigenvalue weighted by molar-refractivity contribution is 0.310. The van der Waals surface area contributed by atoms with Gasteiger partial charge in [0.2, 0.25) is 5.65 Å². The number of hydrogen-bond donors (Lipinski definition) is 2. The Morgan fingerprint density at radius 2 is 2.21 bits per heavy atom. The van der Waals surface area contributed by atoms with Crippen LogP contribution in [0.4, 0.5) is 11.5 Å². The molecule has 0 bridgehead atoms. The smallest absolute Gasteiger partial charge is 0.207 e. The lowest BCUT2D eigenvalue weighted by atomic mass is 9.95. The van der Waals surface area contributed by atoms with E-state index in [-0.39, 0.29) is 0 Å². The fraction of sp³-hybridized carbons (Fsp3) is 0.294. The summed E-state index contributed by atoms with van der Waals surface area (Å²) < 4.78 is 5.95. The molecule has 0 saturated heterocycles. The van der Waals surface area contributed by atoms with Gasteiger partial charge in [0, 0.05) is 23.8 Å². The summed E-state index contributed by atoms with van der Waals surface area (Å²) in [6.07, 6.45) is 4.29. The Morgan fingerprint density at radius 3 is 3.08 bits per heavy atom. The number of para-hydroxylation sites is 1. The topological polar surface area (TPSA) is 102 Å². The summed E-state index contributed by atoms with van der Waals surface area (Å²) in [6.45, 7) is 2.58. The summed E-state index contributed by atoms with van der Waals surface area (Å²) in [6, 6.07) is 7.90. The predicted molar refractivity (Wildman–Crippen MR) is 92.7 cm³/mol. The summed E-state index contributed by atoms with van der Waals surface area (Å²) in [4.78, 5) is 8.71. The average Bonchev–Trinajstić information content (AvgIpc) is 3.20. The molecular weight excluding hydrogens is 304 g/mol. The molecule has 1 aliphatic heterocycles. The highest BCUT2D eigenvalue weighted by Crippen LogP contribution is 2.38. The maximum absolute atomic E-state index is 5.95. The van der Waals surface area contributed by atoms with Gasteiger partial charge in [0.25, 0.3) is 0 Å². The molecule has 122 valence electrons. The molecule has 7 nitrogen and oxygen atoms in total. The number of ether oxygens (including phenoxy) is 1. The van der Waals surface area contributed by atoms with Crippen molar-refractivity contribution in [2.75, 3.05) is 5.73 Å². The van der Waals surface area contributed by atoms with E-state index in [1.54, 1.807) is 6.07 Å². The minimum Gasteiger partial charge on any atom is -0.486 e. The van der Waals surface area contributed by atoms with Crippen LogP contribution in [0.15, 0.2) is 29.3 Å². The van der Waals surface area contributed by atoms with E-state index in [1.165, 1.54) is 5.56 Å². The van der Waals surface area contributed by atoms with E-state index < -0.39 is 0 Å². The largest absolute Gasteiger partial charge is 0.486 e. The molecule has 1 atom stereocenters. The van der Waals surface area contributed by atoms with Crippen LogP contribution in [0.3, 0.4) is 0 Å². The highest BCUT2D eigenvalue weighted by Gasteiger charge is 2.20. The number of hydrogen-bond acceptors (Lipinski definition) is 6. The monoisotopic (exact) mass is 322 g/mol. The number of aromatic nitrogens is 4. The zero-order valence-electron chi connectivity index (χ0n) is 13.4. The predicted octanol–water partition coefficient (Wildman–Crippen LogP) is 3.11. The van der Waals surface area contributed by atoms with Crippen molar-refractivity contribution in [3.63, 3.8) is 0 Å². The van der Waals surface area contributed by atoms with Gasteiger partial charge >= 0.3 is 0 Å². The Kier molecular flexibility index (Phi) is 3.60. The standard InChI is InChI=1S/C17H18N6O/c1-2-4-10-8-19-15-11(5-3-6-12(10)15)9-24-13-7-14(18)20-17-16(13)21-23-22-17/h3,5-8,10H,2,4,9H2,1H3,(H3,18,20,21,22,23). The fourth-order valence-corrected chi connectivity index (χ4v) is 3.06. The van der Waals surface area contributed by atoms with Crippen molar-refractivity contribution in [3.8, 4) is 5.75 Å².